The lowest BCUT2D eigenvalue weighted by Gasteiger charge is -2.32. The number of nitro groups is 1. The summed E-state index contributed by atoms with van der Waals surface area (Å²) in [4.78, 5) is 25.6. The van der Waals surface area contributed by atoms with E-state index in [4.69, 9.17) is 0 Å². The van der Waals surface area contributed by atoms with Crippen molar-refractivity contribution in [2.75, 3.05) is 26.2 Å². The maximum absolute atomic E-state index is 12.9. The Morgan fingerprint density at radius 2 is 1.62 bits per heavy atom. The first-order chi connectivity index (χ1) is 11.5. The number of non-ortho nitro benzene ring substituents is 1. The van der Waals surface area contributed by atoms with Gasteiger partial charge in [-0.2, -0.15) is 0 Å². The van der Waals surface area contributed by atoms with E-state index in [1.54, 1.807) is 17.0 Å². The molecular weight excluding hydrogens is 313 g/mol. The van der Waals surface area contributed by atoms with Gasteiger partial charge in [-0.1, -0.05) is 0 Å². The van der Waals surface area contributed by atoms with Gasteiger partial charge in [0.2, 0.25) is 0 Å². The number of rotatable bonds is 3. The van der Waals surface area contributed by atoms with Crippen LogP contribution >= 0.6 is 0 Å². The molecular formula is C17H17FN3O3+. The van der Waals surface area contributed by atoms with Gasteiger partial charge in [0.15, 0.2) is 0 Å². The first-order valence-electron chi connectivity index (χ1n) is 7.69. The molecule has 1 heterocycles. The lowest BCUT2D eigenvalue weighted by molar-refractivity contribution is -0.837. The summed E-state index contributed by atoms with van der Waals surface area (Å²) in [5.74, 6) is -0.461. The molecule has 3 rings (SSSR count). The number of carbonyl (C=O) groups excluding carboxylic acids is 1. The van der Waals surface area contributed by atoms with Crippen LogP contribution < -0.4 is 4.90 Å². The largest absolute Gasteiger partial charge is 0.327 e. The van der Waals surface area contributed by atoms with Gasteiger partial charge in [-0.05, 0) is 24.3 Å². The zero-order valence-electron chi connectivity index (χ0n) is 12.9. The Kier molecular flexibility index (Phi) is 4.52. The molecule has 0 saturated carbocycles. The molecule has 0 spiro atoms. The molecule has 0 radical (unpaired) electrons. The van der Waals surface area contributed by atoms with Gasteiger partial charge in [0, 0.05) is 29.8 Å². The highest BCUT2D eigenvalue weighted by atomic mass is 19.1. The number of quaternary nitrogens is 1. The summed E-state index contributed by atoms with van der Waals surface area (Å²) in [6, 6.07) is 12.1. The molecule has 1 N–H and O–H groups in total. The van der Waals surface area contributed by atoms with Gasteiger partial charge in [0.1, 0.15) is 11.5 Å². The van der Waals surface area contributed by atoms with Crippen molar-refractivity contribution < 1.29 is 19.0 Å². The van der Waals surface area contributed by atoms with E-state index in [1.165, 1.54) is 41.3 Å². The highest BCUT2D eigenvalue weighted by molar-refractivity contribution is 5.94. The Morgan fingerprint density at radius 3 is 2.17 bits per heavy atom. The Morgan fingerprint density at radius 1 is 1.04 bits per heavy atom. The summed E-state index contributed by atoms with van der Waals surface area (Å²) >= 11 is 0. The number of halogens is 1. The number of amides is 1. The van der Waals surface area contributed by atoms with E-state index in [-0.39, 0.29) is 17.4 Å². The highest BCUT2D eigenvalue weighted by Gasteiger charge is 2.26. The molecule has 1 fully saturated rings. The van der Waals surface area contributed by atoms with Crippen LogP contribution in [0.15, 0.2) is 48.5 Å². The molecule has 1 amide bonds. The van der Waals surface area contributed by atoms with Gasteiger partial charge < -0.3 is 4.90 Å². The molecule has 1 aliphatic rings. The van der Waals surface area contributed by atoms with Crippen LogP contribution in [0, 0.1) is 15.9 Å². The van der Waals surface area contributed by atoms with Crippen molar-refractivity contribution in [2.24, 2.45) is 0 Å². The van der Waals surface area contributed by atoms with Crippen molar-refractivity contribution in [2.45, 2.75) is 0 Å². The van der Waals surface area contributed by atoms with Crippen LogP contribution in [0.25, 0.3) is 0 Å². The van der Waals surface area contributed by atoms with Crippen LogP contribution in [0.2, 0.25) is 0 Å². The van der Waals surface area contributed by atoms with E-state index in [0.29, 0.717) is 18.7 Å². The van der Waals surface area contributed by atoms with E-state index >= 15 is 0 Å². The number of carbonyl (C=O) groups is 1. The summed E-state index contributed by atoms with van der Waals surface area (Å²) in [7, 11) is 0. The van der Waals surface area contributed by atoms with Crippen LogP contribution in [0.4, 0.5) is 15.8 Å². The molecule has 6 nitrogen and oxygen atoms in total. The van der Waals surface area contributed by atoms with E-state index in [2.05, 4.69) is 0 Å². The van der Waals surface area contributed by atoms with Crippen molar-refractivity contribution in [3.05, 3.63) is 70.0 Å². The minimum atomic E-state index is -0.418. The van der Waals surface area contributed by atoms with E-state index < -0.39 is 4.92 Å². The van der Waals surface area contributed by atoms with Gasteiger partial charge >= 0.3 is 0 Å². The predicted molar refractivity (Wildman–Crippen MR) is 85.8 cm³/mol. The van der Waals surface area contributed by atoms with Crippen molar-refractivity contribution in [3.8, 4) is 0 Å². The first kappa shape index (κ1) is 16.1. The monoisotopic (exact) mass is 330 g/mol. The smallest absolute Gasteiger partial charge is 0.269 e. The van der Waals surface area contributed by atoms with Crippen LogP contribution in [0.1, 0.15) is 10.4 Å². The normalized spacial score (nSPS) is 15.3. The van der Waals surface area contributed by atoms with Gasteiger partial charge in [0.25, 0.3) is 11.6 Å². The number of hydrogen-bond donors (Lipinski definition) is 1. The van der Waals surface area contributed by atoms with E-state index in [9.17, 15) is 19.3 Å². The fraction of sp³-hybridized carbons (Fsp3) is 0.235. The molecule has 0 aromatic heterocycles. The second-order valence-corrected chi connectivity index (χ2v) is 5.71. The van der Waals surface area contributed by atoms with E-state index in [0.717, 1.165) is 18.8 Å². The molecule has 2 aromatic carbocycles. The summed E-state index contributed by atoms with van der Waals surface area (Å²) in [5.41, 5.74) is 1.54. The van der Waals surface area contributed by atoms with Crippen LogP contribution in [-0.2, 0) is 0 Å². The summed E-state index contributed by atoms with van der Waals surface area (Å²) < 4.78 is 12.9. The standard InChI is InChI=1S/C17H16FN3O3/c18-14-3-1-13(2-4-14)17(22)20-11-9-19(10-12-20)15-5-7-16(8-6-15)21(23)24/h1-8H,9-12H2/p+1. The molecule has 0 aliphatic carbocycles. The molecule has 1 aliphatic heterocycles. The molecule has 1 saturated heterocycles. The molecule has 2 aromatic rings. The number of hydrogen-bond acceptors (Lipinski definition) is 3. The highest BCUT2D eigenvalue weighted by Crippen LogP contribution is 2.13. The minimum absolute atomic E-state index is 0.0725. The van der Waals surface area contributed by atoms with Crippen molar-refractivity contribution in [1.29, 1.82) is 0 Å². The molecule has 24 heavy (non-hydrogen) atoms. The summed E-state index contributed by atoms with van der Waals surface area (Å²) in [5, 5.41) is 10.7. The van der Waals surface area contributed by atoms with Crippen molar-refractivity contribution in [1.82, 2.24) is 4.90 Å². The lowest BCUT2D eigenvalue weighted by atomic mass is 10.1. The Bertz CT molecular complexity index is 739. The van der Waals surface area contributed by atoms with Gasteiger partial charge in [-0.15, -0.1) is 0 Å². The van der Waals surface area contributed by atoms with Crippen molar-refractivity contribution in [3.63, 3.8) is 0 Å². The molecule has 124 valence electrons. The Labute approximate surface area is 138 Å². The zero-order chi connectivity index (χ0) is 17.1. The first-order valence-corrected chi connectivity index (χ1v) is 7.69. The Hall–Kier alpha value is -2.80. The number of nitrogens with zero attached hydrogens (tertiary/aromatic N) is 2. The summed E-state index contributed by atoms with van der Waals surface area (Å²) in [6.45, 7) is 2.63. The van der Waals surface area contributed by atoms with Gasteiger partial charge in [0.05, 0.1) is 31.1 Å². The number of piperazine rings is 1. The predicted octanol–water partition coefficient (Wildman–Crippen LogP) is 1.41. The fourth-order valence-electron chi connectivity index (χ4n) is 2.86. The summed E-state index contributed by atoms with van der Waals surface area (Å²) in [6.07, 6.45) is 0. The van der Waals surface area contributed by atoms with Crippen LogP contribution in [0.5, 0.6) is 0 Å². The fourth-order valence-corrected chi connectivity index (χ4v) is 2.86. The Balaban J connectivity index is 1.62. The average molecular weight is 330 g/mol. The van der Waals surface area contributed by atoms with Gasteiger partial charge in [-0.3, -0.25) is 19.8 Å². The third kappa shape index (κ3) is 3.41. The topological polar surface area (TPSA) is 67.9 Å². The van der Waals surface area contributed by atoms with Gasteiger partial charge in [-0.25, -0.2) is 4.39 Å². The minimum Gasteiger partial charge on any atom is -0.327 e. The van der Waals surface area contributed by atoms with E-state index in [1.807, 2.05) is 0 Å². The second-order valence-electron chi connectivity index (χ2n) is 5.71. The number of nitrogens with one attached hydrogen (secondary N) is 1. The maximum Gasteiger partial charge on any atom is 0.269 e. The second kappa shape index (κ2) is 6.76. The SMILES string of the molecule is O=C(c1ccc(F)cc1)N1CC[NH+](c2ccc([N+](=O)[O-])cc2)CC1. The average Bonchev–Trinajstić information content (AvgIpc) is 2.62. The van der Waals surface area contributed by atoms with Crippen LogP contribution in [0.3, 0.4) is 0 Å². The number of nitro benzene ring substituents is 1. The van der Waals surface area contributed by atoms with Crippen molar-refractivity contribution >= 4 is 17.3 Å². The molecule has 0 atom stereocenters. The zero-order valence-corrected chi connectivity index (χ0v) is 12.9. The number of benzene rings is 2. The van der Waals surface area contributed by atoms with Crippen LogP contribution in [-0.4, -0.2) is 41.9 Å². The maximum atomic E-state index is 12.9. The molecule has 0 unspecified atom stereocenters. The molecule has 0 bridgehead atoms. The quantitative estimate of drug-likeness (QED) is 0.683. The molecule has 7 heteroatoms. The lowest BCUT2D eigenvalue weighted by Crippen LogP contribution is -3.10. The third-order valence-electron chi connectivity index (χ3n) is 4.23. The third-order valence-corrected chi connectivity index (χ3v) is 4.23.